The van der Waals surface area contributed by atoms with Crippen LogP contribution in [0.1, 0.15) is 11.1 Å². The molecule has 0 radical (unpaired) electrons. The standard InChI is InChI=1S/C14H10BrClF2O/c15-12-4-5-13(17)11(14(12)18)8-19-10-3-1-2-9(6-10)7-16/h1-6H,7-8H2. The Kier molecular flexibility index (Phi) is 4.77. The molecule has 100 valence electrons. The lowest BCUT2D eigenvalue weighted by Gasteiger charge is -2.09. The molecule has 2 aromatic carbocycles. The van der Waals surface area contributed by atoms with Gasteiger partial charge in [-0.2, -0.15) is 0 Å². The van der Waals surface area contributed by atoms with Crippen molar-refractivity contribution in [1.82, 2.24) is 0 Å². The van der Waals surface area contributed by atoms with Crippen molar-refractivity contribution in [3.63, 3.8) is 0 Å². The summed E-state index contributed by atoms with van der Waals surface area (Å²) < 4.78 is 32.8. The number of hydrogen-bond donors (Lipinski definition) is 0. The van der Waals surface area contributed by atoms with Gasteiger partial charge in [-0.05, 0) is 45.8 Å². The molecular formula is C14H10BrClF2O. The van der Waals surface area contributed by atoms with Crippen molar-refractivity contribution >= 4 is 27.5 Å². The topological polar surface area (TPSA) is 9.23 Å². The Labute approximate surface area is 123 Å². The molecule has 0 heterocycles. The molecule has 2 rings (SSSR count). The van der Waals surface area contributed by atoms with E-state index in [2.05, 4.69) is 15.9 Å². The predicted molar refractivity (Wildman–Crippen MR) is 74.4 cm³/mol. The van der Waals surface area contributed by atoms with Crippen LogP contribution in [0.25, 0.3) is 0 Å². The second-order valence-corrected chi connectivity index (χ2v) is 5.01. The highest BCUT2D eigenvalue weighted by molar-refractivity contribution is 9.10. The summed E-state index contributed by atoms with van der Waals surface area (Å²) >= 11 is 8.72. The van der Waals surface area contributed by atoms with Gasteiger partial charge in [-0.1, -0.05) is 12.1 Å². The Bertz CT molecular complexity index is 590. The molecular weight excluding hydrogens is 338 g/mol. The van der Waals surface area contributed by atoms with E-state index >= 15 is 0 Å². The minimum Gasteiger partial charge on any atom is -0.489 e. The average molecular weight is 348 g/mol. The second kappa shape index (κ2) is 6.35. The first-order valence-electron chi connectivity index (χ1n) is 5.52. The molecule has 0 amide bonds. The molecule has 0 aliphatic heterocycles. The van der Waals surface area contributed by atoms with Gasteiger partial charge in [0.15, 0.2) is 0 Å². The smallest absolute Gasteiger partial charge is 0.146 e. The van der Waals surface area contributed by atoms with Crippen molar-refractivity contribution in [1.29, 1.82) is 0 Å². The summed E-state index contributed by atoms with van der Waals surface area (Å²) in [5.41, 5.74) is 0.778. The summed E-state index contributed by atoms with van der Waals surface area (Å²) in [5, 5.41) is 0. The van der Waals surface area contributed by atoms with Gasteiger partial charge >= 0.3 is 0 Å². The van der Waals surface area contributed by atoms with Crippen LogP contribution in [-0.4, -0.2) is 0 Å². The number of hydrogen-bond acceptors (Lipinski definition) is 1. The first-order chi connectivity index (χ1) is 9.11. The molecule has 0 fully saturated rings. The van der Waals surface area contributed by atoms with Crippen LogP contribution < -0.4 is 4.74 Å². The molecule has 0 saturated heterocycles. The summed E-state index contributed by atoms with van der Waals surface area (Å²) in [6.07, 6.45) is 0. The third-order valence-electron chi connectivity index (χ3n) is 2.57. The van der Waals surface area contributed by atoms with Gasteiger partial charge in [0.05, 0.1) is 10.0 Å². The van der Waals surface area contributed by atoms with E-state index < -0.39 is 11.6 Å². The van der Waals surface area contributed by atoms with E-state index in [0.29, 0.717) is 11.6 Å². The van der Waals surface area contributed by atoms with Gasteiger partial charge in [-0.3, -0.25) is 0 Å². The summed E-state index contributed by atoms with van der Waals surface area (Å²) in [7, 11) is 0. The van der Waals surface area contributed by atoms with Gasteiger partial charge in [0.1, 0.15) is 24.0 Å². The first kappa shape index (κ1) is 14.3. The maximum Gasteiger partial charge on any atom is 0.146 e. The molecule has 0 saturated carbocycles. The molecule has 0 N–H and O–H groups in total. The van der Waals surface area contributed by atoms with Crippen molar-refractivity contribution in [2.75, 3.05) is 0 Å². The van der Waals surface area contributed by atoms with Crippen LogP contribution in [0.15, 0.2) is 40.9 Å². The van der Waals surface area contributed by atoms with E-state index in [-0.39, 0.29) is 16.6 Å². The molecule has 0 aliphatic rings. The zero-order valence-corrected chi connectivity index (χ0v) is 12.1. The van der Waals surface area contributed by atoms with E-state index in [9.17, 15) is 8.78 Å². The summed E-state index contributed by atoms with van der Waals surface area (Å²) in [4.78, 5) is 0. The van der Waals surface area contributed by atoms with Crippen molar-refractivity contribution < 1.29 is 13.5 Å². The number of rotatable bonds is 4. The van der Waals surface area contributed by atoms with Gasteiger partial charge in [-0.25, -0.2) is 8.78 Å². The fourth-order valence-electron chi connectivity index (χ4n) is 1.58. The van der Waals surface area contributed by atoms with Crippen LogP contribution in [-0.2, 0) is 12.5 Å². The van der Waals surface area contributed by atoms with Crippen LogP contribution >= 0.6 is 27.5 Å². The molecule has 0 unspecified atom stereocenters. The lowest BCUT2D eigenvalue weighted by Crippen LogP contribution is -2.02. The molecule has 1 nitrogen and oxygen atoms in total. The van der Waals surface area contributed by atoms with E-state index in [1.54, 1.807) is 18.2 Å². The Hall–Kier alpha value is -1.13. The number of benzene rings is 2. The Morgan fingerprint density at radius 3 is 2.68 bits per heavy atom. The van der Waals surface area contributed by atoms with Gasteiger partial charge in [0, 0.05) is 5.88 Å². The second-order valence-electron chi connectivity index (χ2n) is 3.89. The van der Waals surface area contributed by atoms with Crippen LogP contribution in [0.4, 0.5) is 8.78 Å². The largest absolute Gasteiger partial charge is 0.489 e. The minimum atomic E-state index is -0.645. The molecule has 19 heavy (non-hydrogen) atoms. The average Bonchev–Trinajstić information content (AvgIpc) is 2.43. The van der Waals surface area contributed by atoms with Gasteiger partial charge in [0.2, 0.25) is 0 Å². The highest BCUT2D eigenvalue weighted by Crippen LogP contribution is 2.23. The Morgan fingerprint density at radius 1 is 1.16 bits per heavy atom. The quantitative estimate of drug-likeness (QED) is 0.556. The minimum absolute atomic E-state index is 0.106. The van der Waals surface area contributed by atoms with Crippen molar-refractivity contribution in [3.05, 3.63) is 63.6 Å². The van der Waals surface area contributed by atoms with Gasteiger partial charge < -0.3 is 4.74 Å². The highest BCUT2D eigenvalue weighted by atomic mass is 79.9. The van der Waals surface area contributed by atoms with Crippen LogP contribution in [0.2, 0.25) is 0 Å². The molecule has 0 spiro atoms. The maximum atomic E-state index is 13.7. The third-order valence-corrected chi connectivity index (χ3v) is 3.50. The lowest BCUT2D eigenvalue weighted by atomic mass is 10.2. The van der Waals surface area contributed by atoms with Crippen molar-refractivity contribution in [3.8, 4) is 5.75 Å². The zero-order valence-electron chi connectivity index (χ0n) is 9.80. The molecule has 0 aromatic heterocycles. The predicted octanol–water partition coefficient (Wildman–Crippen LogP) is 5.05. The molecule has 2 aromatic rings. The Morgan fingerprint density at radius 2 is 1.95 bits per heavy atom. The fraction of sp³-hybridized carbons (Fsp3) is 0.143. The van der Waals surface area contributed by atoms with Crippen LogP contribution in [0.3, 0.4) is 0 Å². The molecule has 0 atom stereocenters. The molecule has 5 heteroatoms. The van der Waals surface area contributed by atoms with E-state index in [4.69, 9.17) is 16.3 Å². The monoisotopic (exact) mass is 346 g/mol. The maximum absolute atomic E-state index is 13.7. The third kappa shape index (κ3) is 3.45. The molecule has 0 aliphatic carbocycles. The summed E-state index contributed by atoms with van der Waals surface area (Å²) in [6.45, 7) is -0.178. The highest BCUT2D eigenvalue weighted by Gasteiger charge is 2.13. The number of ether oxygens (including phenoxy) is 1. The molecule has 0 bridgehead atoms. The van der Waals surface area contributed by atoms with Gasteiger partial charge in [-0.15, -0.1) is 11.6 Å². The fourth-order valence-corrected chi connectivity index (χ4v) is 2.11. The van der Waals surface area contributed by atoms with E-state index in [1.807, 2.05) is 6.07 Å². The lowest BCUT2D eigenvalue weighted by molar-refractivity contribution is 0.292. The summed E-state index contributed by atoms with van der Waals surface area (Å²) in [6, 6.07) is 9.59. The van der Waals surface area contributed by atoms with Crippen molar-refractivity contribution in [2.45, 2.75) is 12.5 Å². The summed E-state index contributed by atoms with van der Waals surface area (Å²) in [5.74, 6) is -0.392. The van der Waals surface area contributed by atoms with Crippen molar-refractivity contribution in [2.24, 2.45) is 0 Å². The first-order valence-corrected chi connectivity index (χ1v) is 6.84. The Balaban J connectivity index is 2.16. The van der Waals surface area contributed by atoms with Crippen LogP contribution in [0.5, 0.6) is 5.75 Å². The number of alkyl halides is 1. The normalized spacial score (nSPS) is 10.5. The van der Waals surface area contributed by atoms with Crippen LogP contribution in [0, 0.1) is 11.6 Å². The zero-order chi connectivity index (χ0) is 13.8. The van der Waals surface area contributed by atoms with E-state index in [1.165, 1.54) is 12.1 Å². The number of halogens is 4. The van der Waals surface area contributed by atoms with Gasteiger partial charge in [0.25, 0.3) is 0 Å². The van der Waals surface area contributed by atoms with E-state index in [0.717, 1.165) is 5.56 Å². The SMILES string of the molecule is Fc1ccc(Br)c(F)c1COc1cccc(CCl)c1.